The minimum absolute atomic E-state index is 0.0409. The summed E-state index contributed by atoms with van der Waals surface area (Å²) in [5.41, 5.74) is 0.390. The third-order valence-corrected chi connectivity index (χ3v) is 4.14. The number of aldehydes is 1. The molecular weight excluding hydrogens is 377 g/mol. The summed E-state index contributed by atoms with van der Waals surface area (Å²) in [6.07, 6.45) is 0.998. The normalized spacial score (nSPS) is 11.3. The summed E-state index contributed by atoms with van der Waals surface area (Å²) in [5.74, 6) is -0.398. The molecule has 0 aliphatic rings. The zero-order valence-electron chi connectivity index (χ0n) is 14.7. The Kier molecular flexibility index (Phi) is 6.26. The van der Waals surface area contributed by atoms with E-state index in [0.717, 1.165) is 5.56 Å². The van der Waals surface area contributed by atoms with Gasteiger partial charge in [0, 0.05) is 6.54 Å². The highest BCUT2D eigenvalue weighted by Crippen LogP contribution is 2.17. The molecule has 0 saturated carbocycles. The van der Waals surface area contributed by atoms with Crippen molar-refractivity contribution in [2.45, 2.75) is 39.3 Å². The van der Waals surface area contributed by atoms with Crippen molar-refractivity contribution < 1.29 is 14.3 Å². The molecule has 5 nitrogen and oxygen atoms in total. The van der Waals surface area contributed by atoms with Gasteiger partial charge in [-0.2, -0.15) is 0 Å². The van der Waals surface area contributed by atoms with Gasteiger partial charge in [0.15, 0.2) is 6.29 Å². The van der Waals surface area contributed by atoms with Crippen molar-refractivity contribution in [3.8, 4) is 0 Å². The first kappa shape index (κ1) is 20.2. The number of pyridine rings is 1. The van der Waals surface area contributed by atoms with Gasteiger partial charge in [-0.3, -0.25) is 9.59 Å². The van der Waals surface area contributed by atoms with Gasteiger partial charge in [-0.1, -0.05) is 35.3 Å². The molecule has 7 heteroatoms. The van der Waals surface area contributed by atoms with Crippen LogP contribution in [0.15, 0.2) is 35.1 Å². The Morgan fingerprint density at radius 2 is 1.77 bits per heavy atom. The number of nitrogens with zero attached hydrogens (tertiary/aromatic N) is 1. The van der Waals surface area contributed by atoms with Crippen LogP contribution in [0.2, 0.25) is 10.0 Å². The second-order valence-corrected chi connectivity index (χ2v) is 7.56. The van der Waals surface area contributed by atoms with Crippen molar-refractivity contribution in [3.05, 3.63) is 67.6 Å². The molecule has 0 aliphatic heterocycles. The van der Waals surface area contributed by atoms with Crippen LogP contribution < -0.4 is 5.56 Å². The zero-order chi connectivity index (χ0) is 19.5. The van der Waals surface area contributed by atoms with E-state index in [2.05, 4.69) is 0 Å². The van der Waals surface area contributed by atoms with Gasteiger partial charge >= 0.3 is 5.97 Å². The molecule has 0 fully saturated rings. The maximum Gasteiger partial charge on any atom is 0.338 e. The summed E-state index contributed by atoms with van der Waals surface area (Å²) in [6.45, 7) is 5.65. The number of benzene rings is 1. The minimum Gasteiger partial charge on any atom is -0.456 e. The topological polar surface area (TPSA) is 65.4 Å². The third kappa shape index (κ3) is 4.96. The average molecular weight is 396 g/mol. The lowest BCUT2D eigenvalue weighted by atomic mass is 10.1. The zero-order valence-corrected chi connectivity index (χ0v) is 16.2. The highest BCUT2D eigenvalue weighted by molar-refractivity contribution is 6.35. The van der Waals surface area contributed by atoms with Crippen LogP contribution in [0.4, 0.5) is 0 Å². The molecule has 1 heterocycles. The molecule has 0 atom stereocenters. The van der Waals surface area contributed by atoms with Gasteiger partial charge in [0.05, 0.1) is 10.6 Å². The molecule has 0 N–H and O–H groups in total. The van der Waals surface area contributed by atoms with Crippen LogP contribution >= 0.6 is 23.2 Å². The molecule has 0 aliphatic carbocycles. The highest BCUT2D eigenvalue weighted by atomic mass is 35.5. The maximum atomic E-state index is 12.2. The van der Waals surface area contributed by atoms with Crippen LogP contribution in [0.5, 0.6) is 0 Å². The molecule has 0 spiro atoms. The van der Waals surface area contributed by atoms with Crippen molar-refractivity contribution in [1.29, 1.82) is 0 Å². The fourth-order valence-corrected chi connectivity index (χ4v) is 2.86. The van der Waals surface area contributed by atoms with Crippen molar-refractivity contribution >= 4 is 35.5 Å². The van der Waals surface area contributed by atoms with Crippen LogP contribution in [0, 0.1) is 0 Å². The predicted octanol–water partition coefficient (Wildman–Crippen LogP) is 4.17. The summed E-state index contributed by atoms with van der Waals surface area (Å²) in [4.78, 5) is 35.4. The van der Waals surface area contributed by atoms with E-state index in [0.29, 0.717) is 18.3 Å². The first-order valence-electron chi connectivity index (χ1n) is 7.98. The number of rotatable bonds is 5. The molecule has 1 aromatic heterocycles. The highest BCUT2D eigenvalue weighted by Gasteiger charge is 2.17. The van der Waals surface area contributed by atoms with E-state index in [-0.39, 0.29) is 22.3 Å². The number of carbonyl (C=O) groups excluding carboxylic acids is 2. The molecule has 0 unspecified atom stereocenters. The third-order valence-electron chi connectivity index (χ3n) is 3.56. The van der Waals surface area contributed by atoms with Gasteiger partial charge in [-0.15, -0.1) is 0 Å². The molecule has 2 rings (SSSR count). The van der Waals surface area contributed by atoms with Crippen LogP contribution in [0.3, 0.4) is 0 Å². The second kappa shape index (κ2) is 8.06. The molecule has 0 bridgehead atoms. The Morgan fingerprint density at radius 1 is 1.15 bits per heavy atom. The summed E-state index contributed by atoms with van der Waals surface area (Å²) in [7, 11) is 0. The minimum atomic E-state index is -0.562. The number of carbonyl (C=O) groups is 2. The molecule has 2 aromatic rings. The second-order valence-electron chi connectivity index (χ2n) is 6.75. The monoisotopic (exact) mass is 395 g/mol. The average Bonchev–Trinajstić information content (AvgIpc) is 2.55. The lowest BCUT2D eigenvalue weighted by molar-refractivity contribution is 0.00694. The van der Waals surface area contributed by atoms with Crippen molar-refractivity contribution in [2.24, 2.45) is 0 Å². The number of hydrogen-bond acceptors (Lipinski definition) is 4. The lowest BCUT2D eigenvalue weighted by Gasteiger charge is -2.19. The smallest absolute Gasteiger partial charge is 0.338 e. The van der Waals surface area contributed by atoms with Gasteiger partial charge in [0.25, 0.3) is 5.56 Å². The first-order chi connectivity index (χ1) is 12.1. The number of aromatic nitrogens is 1. The van der Waals surface area contributed by atoms with Crippen molar-refractivity contribution in [2.75, 3.05) is 0 Å². The molecule has 1 aromatic carbocycles. The van der Waals surface area contributed by atoms with E-state index in [1.807, 2.05) is 0 Å². The number of aryl methyl sites for hydroxylation is 1. The Balaban J connectivity index is 2.16. The predicted molar refractivity (Wildman–Crippen MR) is 101 cm³/mol. The Labute approximate surface area is 161 Å². The van der Waals surface area contributed by atoms with E-state index in [1.54, 1.807) is 45.0 Å². The lowest BCUT2D eigenvalue weighted by Crippen LogP contribution is -2.25. The molecule has 0 saturated heterocycles. The number of halogens is 2. The van der Waals surface area contributed by atoms with Crippen LogP contribution in [0.1, 0.15) is 47.2 Å². The molecule has 138 valence electrons. The molecule has 26 heavy (non-hydrogen) atoms. The SMILES string of the molecule is CC(C)(C)OC(=O)c1ccc(CCn2c(C=O)c(Cl)cc(Cl)c2=O)cc1. The van der Waals surface area contributed by atoms with E-state index < -0.39 is 17.1 Å². The fourth-order valence-electron chi connectivity index (χ4n) is 2.34. The van der Waals surface area contributed by atoms with Gasteiger partial charge in [-0.25, -0.2) is 4.79 Å². The summed E-state index contributed by atoms with van der Waals surface area (Å²) >= 11 is 11.8. The van der Waals surface area contributed by atoms with E-state index in [1.165, 1.54) is 10.6 Å². The van der Waals surface area contributed by atoms with Crippen LogP contribution in [-0.2, 0) is 17.7 Å². The van der Waals surface area contributed by atoms with E-state index in [4.69, 9.17) is 27.9 Å². The van der Waals surface area contributed by atoms with E-state index >= 15 is 0 Å². The standard InChI is InChI=1S/C19H19Cl2NO4/c1-19(2,3)26-18(25)13-6-4-12(5-7-13)8-9-22-16(11-23)14(20)10-15(21)17(22)24/h4-7,10-11H,8-9H2,1-3H3. The first-order valence-corrected chi connectivity index (χ1v) is 8.74. The largest absolute Gasteiger partial charge is 0.456 e. The van der Waals surface area contributed by atoms with Crippen LogP contribution in [-0.4, -0.2) is 22.4 Å². The fraction of sp³-hybridized carbons (Fsp3) is 0.316. The number of esters is 1. The number of hydrogen-bond donors (Lipinski definition) is 0. The van der Waals surface area contributed by atoms with Crippen molar-refractivity contribution in [3.63, 3.8) is 0 Å². The maximum absolute atomic E-state index is 12.2. The van der Waals surface area contributed by atoms with E-state index in [9.17, 15) is 14.4 Å². The van der Waals surface area contributed by atoms with Crippen LogP contribution in [0.25, 0.3) is 0 Å². The van der Waals surface area contributed by atoms with Gasteiger partial charge in [0.1, 0.15) is 16.3 Å². The van der Waals surface area contributed by atoms with Gasteiger partial charge < -0.3 is 9.30 Å². The quantitative estimate of drug-likeness (QED) is 0.562. The van der Waals surface area contributed by atoms with Gasteiger partial charge in [-0.05, 0) is 51.0 Å². The van der Waals surface area contributed by atoms with Gasteiger partial charge in [0.2, 0.25) is 0 Å². The number of ether oxygens (including phenoxy) is 1. The summed E-state index contributed by atoms with van der Waals surface area (Å²) in [5, 5.41) is 0.0887. The Hall–Kier alpha value is -2.11. The summed E-state index contributed by atoms with van der Waals surface area (Å²) in [6, 6.07) is 8.14. The Bertz CT molecular complexity index is 880. The molecular formula is C19H19Cl2NO4. The Morgan fingerprint density at radius 3 is 2.31 bits per heavy atom. The summed E-state index contributed by atoms with van der Waals surface area (Å²) < 4.78 is 6.56. The van der Waals surface area contributed by atoms with Crippen molar-refractivity contribution in [1.82, 2.24) is 4.57 Å². The molecule has 0 radical (unpaired) electrons. The molecule has 0 amide bonds.